The number of aromatic nitrogens is 2. The first-order valence-corrected chi connectivity index (χ1v) is 4.20. The Balaban J connectivity index is 0.000000845. The van der Waals surface area contributed by atoms with Crippen molar-refractivity contribution in [2.75, 3.05) is 0 Å². The van der Waals surface area contributed by atoms with E-state index in [1.54, 1.807) is 0 Å². The summed E-state index contributed by atoms with van der Waals surface area (Å²) in [6, 6.07) is 7.53. The summed E-state index contributed by atoms with van der Waals surface area (Å²) in [6.45, 7) is 0. The summed E-state index contributed by atoms with van der Waals surface area (Å²) in [4.78, 5) is 8.25. The van der Waals surface area contributed by atoms with Crippen LogP contribution in [-0.4, -0.2) is 9.97 Å². The van der Waals surface area contributed by atoms with Gasteiger partial charge in [-0.25, -0.2) is 0 Å². The van der Waals surface area contributed by atoms with Crippen molar-refractivity contribution in [3.05, 3.63) is 24.3 Å². The molecule has 0 aliphatic heterocycles. The SMILES string of the molecule is [Na+].[Na+].[S-]c1nc2ccccc2nc1[S-]. The topological polar surface area (TPSA) is 25.8 Å². The van der Waals surface area contributed by atoms with E-state index >= 15 is 0 Å². The van der Waals surface area contributed by atoms with Gasteiger partial charge >= 0.3 is 59.1 Å². The Morgan fingerprint density at radius 1 is 0.786 bits per heavy atom. The zero-order valence-corrected chi connectivity index (χ0v) is 13.7. The minimum absolute atomic E-state index is 0. The number of benzene rings is 1. The predicted molar refractivity (Wildman–Crippen MR) is 50.8 cm³/mol. The van der Waals surface area contributed by atoms with E-state index in [1.807, 2.05) is 24.3 Å². The van der Waals surface area contributed by atoms with Gasteiger partial charge in [0, 0.05) is 0 Å². The fraction of sp³-hybridized carbons (Fsp3) is 0. The Morgan fingerprint density at radius 3 is 1.50 bits per heavy atom. The van der Waals surface area contributed by atoms with Gasteiger partial charge in [0.15, 0.2) is 0 Å². The molecule has 2 nitrogen and oxygen atoms in total. The Bertz CT molecular complexity index is 396. The molecular weight excluding hydrogens is 234 g/mol. The molecule has 0 bridgehead atoms. The molecular formula is C8H4N2Na2S2. The van der Waals surface area contributed by atoms with Gasteiger partial charge < -0.3 is 25.3 Å². The van der Waals surface area contributed by atoms with E-state index in [2.05, 4.69) is 9.97 Å². The van der Waals surface area contributed by atoms with Crippen molar-refractivity contribution in [3.63, 3.8) is 0 Å². The first-order valence-electron chi connectivity index (χ1n) is 3.38. The van der Waals surface area contributed by atoms with E-state index in [4.69, 9.17) is 25.3 Å². The minimum atomic E-state index is 0. The van der Waals surface area contributed by atoms with E-state index < -0.39 is 0 Å². The van der Waals surface area contributed by atoms with Gasteiger partial charge in [0.2, 0.25) is 0 Å². The molecule has 60 valence electrons. The quantitative estimate of drug-likeness (QED) is 0.341. The van der Waals surface area contributed by atoms with E-state index in [1.165, 1.54) is 0 Å². The van der Waals surface area contributed by atoms with Crippen molar-refractivity contribution in [1.29, 1.82) is 0 Å². The molecule has 14 heavy (non-hydrogen) atoms. The normalized spacial score (nSPS) is 8.86. The van der Waals surface area contributed by atoms with Crippen LogP contribution in [0.5, 0.6) is 0 Å². The molecule has 0 unspecified atom stereocenters. The number of para-hydroxylation sites is 2. The second-order valence-corrected chi connectivity index (χ2v) is 3.10. The first-order chi connectivity index (χ1) is 5.77. The number of fused-ring (bicyclic) bond motifs is 1. The van der Waals surface area contributed by atoms with Gasteiger partial charge in [-0.05, 0) is 12.1 Å². The van der Waals surface area contributed by atoms with Crippen molar-refractivity contribution < 1.29 is 59.1 Å². The molecule has 2 rings (SSSR count). The largest absolute Gasteiger partial charge is 1.00 e. The van der Waals surface area contributed by atoms with Crippen LogP contribution in [-0.2, 0) is 25.3 Å². The number of rotatable bonds is 0. The fourth-order valence-electron chi connectivity index (χ4n) is 0.968. The zero-order valence-electron chi connectivity index (χ0n) is 8.02. The van der Waals surface area contributed by atoms with Crippen LogP contribution in [0.2, 0.25) is 0 Å². The van der Waals surface area contributed by atoms with Crippen molar-refractivity contribution in [2.24, 2.45) is 0 Å². The van der Waals surface area contributed by atoms with Crippen LogP contribution >= 0.6 is 0 Å². The third-order valence-electron chi connectivity index (χ3n) is 1.51. The number of nitrogens with zero attached hydrogens (tertiary/aromatic N) is 2. The van der Waals surface area contributed by atoms with Crippen LogP contribution in [0.3, 0.4) is 0 Å². The average Bonchev–Trinajstić information content (AvgIpc) is 2.07. The Hall–Kier alpha value is 1.00. The molecule has 0 fully saturated rings. The summed E-state index contributed by atoms with van der Waals surface area (Å²) in [6.07, 6.45) is 0. The summed E-state index contributed by atoms with van der Waals surface area (Å²) in [5, 5.41) is 0.812. The first kappa shape index (κ1) is 15.0. The standard InChI is InChI=1S/C8H6N2S2.2Na/c11-7-8(12)10-6-4-2-1-3-5(6)9-7;;/h1-4H,(H,9,11)(H,10,12);;/q;2*+1/p-2. The summed E-state index contributed by atoms with van der Waals surface area (Å²) in [5.74, 6) is 0. The van der Waals surface area contributed by atoms with Gasteiger partial charge in [0.1, 0.15) is 0 Å². The molecule has 1 heterocycles. The minimum Gasteiger partial charge on any atom is -0.760 e. The molecule has 0 N–H and O–H groups in total. The van der Waals surface area contributed by atoms with E-state index in [0.29, 0.717) is 10.1 Å². The molecule has 0 atom stereocenters. The molecule has 6 heteroatoms. The predicted octanol–water partition coefficient (Wildman–Crippen LogP) is -4.55. The van der Waals surface area contributed by atoms with Crippen molar-refractivity contribution in [3.8, 4) is 0 Å². The van der Waals surface area contributed by atoms with Gasteiger partial charge in [-0.1, -0.05) is 22.2 Å². The average molecular weight is 238 g/mol. The van der Waals surface area contributed by atoms with Crippen molar-refractivity contribution >= 4 is 36.3 Å². The van der Waals surface area contributed by atoms with Crippen LogP contribution < -0.4 is 59.1 Å². The molecule has 0 aliphatic carbocycles. The second-order valence-electron chi connectivity index (χ2n) is 2.32. The molecule has 1 aromatic heterocycles. The molecule has 0 saturated heterocycles. The summed E-state index contributed by atoms with van der Waals surface area (Å²) < 4.78 is 0. The van der Waals surface area contributed by atoms with Crippen LogP contribution in [0.1, 0.15) is 0 Å². The van der Waals surface area contributed by atoms with Crippen molar-refractivity contribution in [2.45, 2.75) is 10.1 Å². The monoisotopic (exact) mass is 238 g/mol. The maximum atomic E-state index is 4.90. The molecule has 0 aliphatic rings. The van der Waals surface area contributed by atoms with E-state index in [9.17, 15) is 0 Å². The smallest absolute Gasteiger partial charge is 0.760 e. The fourth-order valence-corrected chi connectivity index (χ4v) is 1.26. The zero-order chi connectivity index (χ0) is 8.55. The molecule has 1 aromatic carbocycles. The maximum absolute atomic E-state index is 4.90. The summed E-state index contributed by atoms with van der Waals surface area (Å²) in [5.41, 5.74) is 1.60. The van der Waals surface area contributed by atoms with Crippen LogP contribution in [0.25, 0.3) is 11.0 Å². The van der Waals surface area contributed by atoms with Crippen molar-refractivity contribution in [1.82, 2.24) is 9.97 Å². The number of hydrogen-bond acceptors (Lipinski definition) is 4. The van der Waals surface area contributed by atoms with Gasteiger partial charge in [-0.2, -0.15) is 0 Å². The van der Waals surface area contributed by atoms with Gasteiger partial charge in [0.05, 0.1) is 11.0 Å². The van der Waals surface area contributed by atoms with E-state index in [-0.39, 0.29) is 59.1 Å². The summed E-state index contributed by atoms with van der Waals surface area (Å²) >= 11 is 9.81. The van der Waals surface area contributed by atoms with Gasteiger partial charge in [0.25, 0.3) is 0 Å². The molecule has 0 saturated carbocycles. The van der Waals surface area contributed by atoms with Crippen LogP contribution in [0.15, 0.2) is 34.3 Å². The Labute approximate surface area is 138 Å². The third-order valence-corrected chi connectivity index (χ3v) is 2.21. The number of hydrogen-bond donors (Lipinski definition) is 0. The molecule has 0 radical (unpaired) electrons. The van der Waals surface area contributed by atoms with Gasteiger partial charge in [-0.15, -0.1) is 0 Å². The van der Waals surface area contributed by atoms with E-state index in [0.717, 1.165) is 11.0 Å². The van der Waals surface area contributed by atoms with Crippen LogP contribution in [0.4, 0.5) is 0 Å². The maximum Gasteiger partial charge on any atom is 1.00 e. The third kappa shape index (κ3) is 3.25. The molecule has 0 amide bonds. The van der Waals surface area contributed by atoms with Crippen LogP contribution in [0, 0.1) is 0 Å². The molecule has 2 aromatic rings. The molecule has 0 spiro atoms. The second kappa shape index (κ2) is 6.55. The Morgan fingerprint density at radius 2 is 1.14 bits per heavy atom. The van der Waals surface area contributed by atoms with Gasteiger partial charge in [-0.3, -0.25) is 9.97 Å². The Kier molecular flexibility index (Phi) is 7.02. The summed E-state index contributed by atoms with van der Waals surface area (Å²) in [7, 11) is 0.